The Morgan fingerprint density at radius 1 is 1.10 bits per heavy atom. The largest absolute Gasteiger partial charge is 0.481 e. The molecule has 1 N–H and O–H groups in total. The molecule has 4 aliphatic rings. The fourth-order valence-corrected chi connectivity index (χ4v) is 5.15. The van der Waals surface area contributed by atoms with Crippen molar-refractivity contribution in [3.8, 4) is 5.88 Å². The lowest BCUT2D eigenvalue weighted by Crippen LogP contribution is -2.54. The molecule has 0 atom stereocenters. The van der Waals surface area contributed by atoms with E-state index in [0.717, 1.165) is 47.8 Å². The molecule has 4 saturated carbocycles. The minimum absolute atomic E-state index is 0.717. The average molecular weight is 272 g/mol. The molecular formula is C17H24N2O. The quantitative estimate of drug-likeness (QED) is 0.915. The smallest absolute Gasteiger partial charge is 0.213 e. The highest BCUT2D eigenvalue weighted by Gasteiger charge is 2.47. The number of methoxy groups -OCH3 is 1. The first-order chi connectivity index (χ1) is 9.81. The summed E-state index contributed by atoms with van der Waals surface area (Å²) in [6.45, 7) is 0.879. The Balaban J connectivity index is 1.42. The summed E-state index contributed by atoms with van der Waals surface area (Å²) < 4.78 is 5.20. The SMILES string of the molecule is COc1cccc(CNC2C3CC4CC(C3)CC2C4)n1. The molecule has 0 unspecified atom stereocenters. The lowest BCUT2D eigenvalue weighted by atomic mass is 9.54. The first-order valence-electron chi connectivity index (χ1n) is 8.05. The number of ether oxygens (including phenoxy) is 1. The second kappa shape index (κ2) is 5.03. The van der Waals surface area contributed by atoms with Gasteiger partial charge in [-0.1, -0.05) is 6.07 Å². The van der Waals surface area contributed by atoms with Gasteiger partial charge in [0.25, 0.3) is 0 Å². The van der Waals surface area contributed by atoms with Crippen molar-refractivity contribution in [1.29, 1.82) is 0 Å². The maximum atomic E-state index is 5.20. The van der Waals surface area contributed by atoms with Gasteiger partial charge in [-0.2, -0.15) is 0 Å². The van der Waals surface area contributed by atoms with Crippen LogP contribution in [0.15, 0.2) is 18.2 Å². The second-order valence-corrected chi connectivity index (χ2v) is 7.01. The van der Waals surface area contributed by atoms with Gasteiger partial charge < -0.3 is 10.1 Å². The van der Waals surface area contributed by atoms with Crippen LogP contribution in [0.25, 0.3) is 0 Å². The zero-order valence-corrected chi connectivity index (χ0v) is 12.2. The van der Waals surface area contributed by atoms with Crippen molar-refractivity contribution in [2.75, 3.05) is 7.11 Å². The number of rotatable bonds is 4. The maximum Gasteiger partial charge on any atom is 0.213 e. The van der Waals surface area contributed by atoms with Crippen molar-refractivity contribution in [3.05, 3.63) is 23.9 Å². The molecule has 5 rings (SSSR count). The molecular weight excluding hydrogens is 248 g/mol. The fourth-order valence-electron chi connectivity index (χ4n) is 5.15. The summed E-state index contributed by atoms with van der Waals surface area (Å²) in [6, 6.07) is 6.76. The molecule has 1 aromatic heterocycles. The van der Waals surface area contributed by atoms with Crippen LogP contribution in [0.5, 0.6) is 5.88 Å². The van der Waals surface area contributed by atoms with Crippen LogP contribution in [0.1, 0.15) is 37.8 Å². The van der Waals surface area contributed by atoms with Gasteiger partial charge in [-0.25, -0.2) is 4.98 Å². The van der Waals surface area contributed by atoms with E-state index < -0.39 is 0 Å². The third kappa shape index (κ3) is 2.22. The highest BCUT2D eigenvalue weighted by molar-refractivity contribution is 5.15. The van der Waals surface area contributed by atoms with Gasteiger partial charge in [-0.15, -0.1) is 0 Å². The van der Waals surface area contributed by atoms with Crippen LogP contribution in [-0.2, 0) is 6.54 Å². The summed E-state index contributed by atoms with van der Waals surface area (Å²) in [4.78, 5) is 4.51. The minimum atomic E-state index is 0.717. The van der Waals surface area contributed by atoms with Crippen LogP contribution in [0.4, 0.5) is 0 Å². The molecule has 1 aromatic rings. The summed E-state index contributed by atoms with van der Waals surface area (Å²) >= 11 is 0. The summed E-state index contributed by atoms with van der Waals surface area (Å²) in [6.07, 6.45) is 7.40. The standard InChI is InChI=1S/C17H24N2O/c1-20-16-4-2-3-15(19-16)10-18-17-13-6-11-5-12(8-13)9-14(17)7-11/h2-4,11-14,17-18H,5-10H2,1H3. The molecule has 0 aliphatic heterocycles. The van der Waals surface area contributed by atoms with E-state index in [0.29, 0.717) is 0 Å². The number of pyridine rings is 1. The van der Waals surface area contributed by atoms with Crippen LogP contribution in [-0.4, -0.2) is 18.1 Å². The molecule has 20 heavy (non-hydrogen) atoms. The van der Waals surface area contributed by atoms with Gasteiger partial charge in [0.05, 0.1) is 12.8 Å². The molecule has 0 radical (unpaired) electrons. The monoisotopic (exact) mass is 272 g/mol. The second-order valence-electron chi connectivity index (χ2n) is 7.01. The topological polar surface area (TPSA) is 34.1 Å². The Bertz CT molecular complexity index is 460. The van der Waals surface area contributed by atoms with Gasteiger partial charge in [0.15, 0.2) is 0 Å². The van der Waals surface area contributed by atoms with E-state index in [4.69, 9.17) is 4.74 Å². The molecule has 0 saturated heterocycles. The zero-order chi connectivity index (χ0) is 13.5. The van der Waals surface area contributed by atoms with Crippen molar-refractivity contribution < 1.29 is 4.74 Å². The van der Waals surface area contributed by atoms with Gasteiger partial charge in [0, 0.05) is 18.7 Å². The Kier molecular flexibility index (Phi) is 3.18. The van der Waals surface area contributed by atoms with E-state index in [1.54, 1.807) is 7.11 Å². The molecule has 0 aromatic carbocycles. The van der Waals surface area contributed by atoms with E-state index in [1.807, 2.05) is 12.1 Å². The van der Waals surface area contributed by atoms with Crippen LogP contribution in [0.3, 0.4) is 0 Å². The lowest BCUT2D eigenvalue weighted by molar-refractivity contribution is -0.0143. The van der Waals surface area contributed by atoms with E-state index in [-0.39, 0.29) is 0 Å². The van der Waals surface area contributed by atoms with E-state index in [1.165, 1.54) is 32.1 Å². The number of hydrogen-bond donors (Lipinski definition) is 1. The predicted octanol–water partition coefficient (Wildman–Crippen LogP) is 3.00. The molecule has 0 spiro atoms. The highest BCUT2D eigenvalue weighted by Crippen LogP contribution is 2.53. The molecule has 3 heteroatoms. The third-order valence-corrected chi connectivity index (χ3v) is 5.74. The molecule has 0 amide bonds. The Morgan fingerprint density at radius 2 is 1.80 bits per heavy atom. The first kappa shape index (κ1) is 12.6. The van der Waals surface area contributed by atoms with Gasteiger partial charge >= 0.3 is 0 Å². The Morgan fingerprint density at radius 3 is 2.45 bits per heavy atom. The molecule has 4 fully saturated rings. The van der Waals surface area contributed by atoms with Crippen LogP contribution < -0.4 is 10.1 Å². The first-order valence-corrected chi connectivity index (χ1v) is 8.05. The van der Waals surface area contributed by atoms with Gasteiger partial charge in [-0.3, -0.25) is 0 Å². The highest BCUT2D eigenvalue weighted by atomic mass is 16.5. The van der Waals surface area contributed by atoms with Crippen molar-refractivity contribution in [3.63, 3.8) is 0 Å². The van der Waals surface area contributed by atoms with E-state index in [2.05, 4.69) is 16.4 Å². The normalized spacial score (nSPS) is 38.1. The van der Waals surface area contributed by atoms with Crippen LogP contribution in [0, 0.1) is 23.7 Å². The predicted molar refractivity (Wildman–Crippen MR) is 78.5 cm³/mol. The van der Waals surface area contributed by atoms with Crippen molar-refractivity contribution in [1.82, 2.24) is 10.3 Å². The maximum absolute atomic E-state index is 5.20. The van der Waals surface area contributed by atoms with Crippen LogP contribution >= 0.6 is 0 Å². The Hall–Kier alpha value is -1.09. The molecule has 1 heterocycles. The Labute approximate surface area is 121 Å². The zero-order valence-electron chi connectivity index (χ0n) is 12.2. The van der Waals surface area contributed by atoms with Gasteiger partial charge in [0.2, 0.25) is 5.88 Å². The summed E-state index contributed by atoms with van der Waals surface area (Å²) in [5, 5.41) is 3.81. The molecule has 108 valence electrons. The van der Waals surface area contributed by atoms with Gasteiger partial charge in [-0.05, 0) is 61.8 Å². The summed E-state index contributed by atoms with van der Waals surface area (Å²) in [7, 11) is 1.68. The molecule has 3 nitrogen and oxygen atoms in total. The number of nitrogens with one attached hydrogen (secondary N) is 1. The third-order valence-electron chi connectivity index (χ3n) is 5.74. The fraction of sp³-hybridized carbons (Fsp3) is 0.706. The average Bonchev–Trinajstić information content (AvgIpc) is 2.46. The van der Waals surface area contributed by atoms with Crippen LogP contribution in [0.2, 0.25) is 0 Å². The number of nitrogens with zero attached hydrogens (tertiary/aromatic N) is 1. The molecule has 4 aliphatic carbocycles. The minimum Gasteiger partial charge on any atom is -0.481 e. The van der Waals surface area contributed by atoms with Crippen molar-refractivity contribution in [2.24, 2.45) is 23.7 Å². The van der Waals surface area contributed by atoms with Crippen molar-refractivity contribution in [2.45, 2.75) is 44.7 Å². The summed E-state index contributed by atoms with van der Waals surface area (Å²) in [5.41, 5.74) is 1.10. The van der Waals surface area contributed by atoms with E-state index >= 15 is 0 Å². The van der Waals surface area contributed by atoms with Crippen molar-refractivity contribution >= 4 is 0 Å². The lowest BCUT2D eigenvalue weighted by Gasteiger charge is -2.54. The van der Waals surface area contributed by atoms with Gasteiger partial charge in [0.1, 0.15) is 0 Å². The molecule has 4 bridgehead atoms. The van der Waals surface area contributed by atoms with E-state index in [9.17, 15) is 0 Å². The number of hydrogen-bond acceptors (Lipinski definition) is 3. The number of aromatic nitrogens is 1. The summed E-state index contributed by atoms with van der Waals surface area (Å²) in [5.74, 6) is 4.67.